The van der Waals surface area contributed by atoms with Gasteiger partial charge >= 0.3 is 8.69 Å². The van der Waals surface area contributed by atoms with Crippen LogP contribution in [0.2, 0.25) is 0 Å². The van der Waals surface area contributed by atoms with E-state index in [1.54, 1.807) is 18.5 Å². The normalized spacial score (nSPS) is 14.7. The molecule has 4 nitrogen and oxygen atoms in total. The van der Waals surface area contributed by atoms with Crippen molar-refractivity contribution in [3.05, 3.63) is 23.3 Å². The lowest BCUT2D eigenvalue weighted by Crippen LogP contribution is -2.09. The van der Waals surface area contributed by atoms with Gasteiger partial charge in [-0.05, 0) is 22.4 Å². The molecule has 0 rings (SSSR count). The van der Waals surface area contributed by atoms with E-state index in [4.69, 9.17) is 0 Å². The first-order chi connectivity index (χ1) is 7.20. The molecule has 0 unspecified atom stereocenters. The van der Waals surface area contributed by atoms with Crippen molar-refractivity contribution >= 4 is 30.8 Å². The zero-order valence-corrected chi connectivity index (χ0v) is 10.7. The van der Waals surface area contributed by atoms with Crippen molar-refractivity contribution in [1.82, 2.24) is 0 Å². The van der Waals surface area contributed by atoms with E-state index in [1.165, 1.54) is 0 Å². The molecular formula is C9H13BrNO3P. The van der Waals surface area contributed by atoms with E-state index in [9.17, 15) is 9.67 Å². The molecular weight excluding hydrogens is 281 g/mol. The quantitative estimate of drug-likeness (QED) is 0.324. The molecule has 1 atom stereocenters. The fourth-order valence-electron chi connectivity index (χ4n) is 0.703. The lowest BCUT2D eigenvalue weighted by atomic mass is 10.2. The first kappa shape index (κ1) is 14.6. The Kier molecular flexibility index (Phi) is 9.94. The summed E-state index contributed by atoms with van der Waals surface area (Å²) in [6.07, 6.45) is 5.17. The van der Waals surface area contributed by atoms with Gasteiger partial charge in [0.25, 0.3) is 0 Å². The summed E-state index contributed by atoms with van der Waals surface area (Å²) in [5, 5.41) is 9.37. The highest BCUT2D eigenvalue weighted by Gasteiger charge is 2.01. The Morgan fingerprint density at radius 1 is 1.73 bits per heavy atom. The lowest BCUT2D eigenvalue weighted by molar-refractivity contribution is 0.150. The molecule has 0 aromatic carbocycles. The molecule has 6 heteroatoms. The van der Waals surface area contributed by atoms with Gasteiger partial charge in [0.05, 0.1) is 12.7 Å². The Morgan fingerprint density at radius 3 is 3.07 bits per heavy atom. The maximum Gasteiger partial charge on any atom is 0.327 e. The minimum absolute atomic E-state index is 0.270. The molecule has 84 valence electrons. The third-order valence-electron chi connectivity index (χ3n) is 1.47. The van der Waals surface area contributed by atoms with Gasteiger partial charge in [-0.25, -0.2) is 4.57 Å². The van der Waals surface area contributed by atoms with Crippen LogP contribution in [-0.4, -0.2) is 24.0 Å². The maximum atomic E-state index is 9.90. The number of aliphatic hydroxyl groups excluding tert-OH is 1. The molecule has 0 saturated heterocycles. The van der Waals surface area contributed by atoms with Crippen molar-refractivity contribution in [2.24, 2.45) is 4.99 Å². The van der Waals surface area contributed by atoms with Crippen molar-refractivity contribution in [2.45, 2.75) is 18.9 Å². The smallest absolute Gasteiger partial charge is 0.327 e. The predicted octanol–water partition coefficient (Wildman–Crippen LogP) is 2.84. The summed E-state index contributed by atoms with van der Waals surface area (Å²) in [5.74, 6) is 0. The zero-order chi connectivity index (χ0) is 11.5. The van der Waals surface area contributed by atoms with Gasteiger partial charge in [-0.3, -0.25) is 9.52 Å². The minimum Gasteiger partial charge on any atom is -0.393 e. The van der Waals surface area contributed by atoms with Gasteiger partial charge in [-0.15, -0.1) is 0 Å². The topological polar surface area (TPSA) is 58.9 Å². The number of hydrogen-bond acceptors (Lipinski definition) is 4. The van der Waals surface area contributed by atoms with Gasteiger partial charge in [-0.2, -0.15) is 0 Å². The molecule has 0 amide bonds. The molecule has 0 radical (unpaired) electrons. The van der Waals surface area contributed by atoms with Crippen LogP contribution in [0.25, 0.3) is 0 Å². The summed E-state index contributed by atoms with van der Waals surface area (Å²) in [6.45, 7) is 3.81. The van der Waals surface area contributed by atoms with E-state index in [2.05, 4.69) is 32.0 Å². The summed E-state index contributed by atoms with van der Waals surface area (Å²) >= 11 is 3.21. The fraction of sp³-hybridized carbons (Fsp3) is 0.444. The van der Waals surface area contributed by atoms with E-state index in [-0.39, 0.29) is 15.3 Å². The van der Waals surface area contributed by atoms with Crippen LogP contribution in [-0.2, 0) is 9.09 Å². The highest BCUT2D eigenvalue weighted by molar-refractivity contribution is 9.11. The molecule has 0 aromatic rings. The second kappa shape index (κ2) is 10.2. The number of aliphatic imine (C=N–C) groups is 1. The van der Waals surface area contributed by atoms with Crippen molar-refractivity contribution < 1.29 is 14.2 Å². The summed E-state index contributed by atoms with van der Waals surface area (Å²) in [7, 11) is -0.354. The maximum absolute atomic E-state index is 9.90. The molecule has 0 heterocycles. The molecule has 0 fully saturated rings. The van der Waals surface area contributed by atoms with Crippen LogP contribution in [0.4, 0.5) is 0 Å². The van der Waals surface area contributed by atoms with Gasteiger partial charge < -0.3 is 5.11 Å². The second-order valence-electron chi connectivity index (χ2n) is 2.64. The monoisotopic (exact) mass is 293 g/mol. The van der Waals surface area contributed by atoms with Crippen molar-refractivity contribution in [3.63, 3.8) is 0 Å². The largest absolute Gasteiger partial charge is 0.393 e. The highest BCUT2D eigenvalue weighted by atomic mass is 79.9. The van der Waals surface area contributed by atoms with E-state index < -0.39 is 6.10 Å². The molecule has 0 aliphatic carbocycles. The van der Waals surface area contributed by atoms with Crippen molar-refractivity contribution in [1.29, 1.82) is 0 Å². The van der Waals surface area contributed by atoms with E-state index in [1.807, 2.05) is 0 Å². The van der Waals surface area contributed by atoms with Crippen LogP contribution < -0.4 is 0 Å². The lowest BCUT2D eigenvalue weighted by Gasteiger charge is -2.04. The van der Waals surface area contributed by atoms with Crippen LogP contribution in [0.1, 0.15) is 12.8 Å². The average molecular weight is 294 g/mol. The SMILES string of the molecule is C=C/C(Br)=C\N=CC[C@@H](O)CCOP=O. The van der Waals surface area contributed by atoms with Crippen LogP contribution in [0.15, 0.2) is 28.3 Å². The average Bonchev–Trinajstić information content (AvgIpc) is 2.24. The van der Waals surface area contributed by atoms with Gasteiger partial charge in [-0.1, -0.05) is 12.7 Å². The first-order valence-electron chi connectivity index (χ1n) is 4.33. The summed E-state index contributed by atoms with van der Waals surface area (Å²) in [6, 6.07) is 0. The minimum atomic E-state index is -0.522. The van der Waals surface area contributed by atoms with Crippen LogP contribution in [0.5, 0.6) is 0 Å². The molecule has 0 aliphatic heterocycles. The van der Waals surface area contributed by atoms with Crippen LogP contribution in [0, 0.1) is 0 Å². The predicted molar refractivity (Wildman–Crippen MR) is 64.5 cm³/mol. The zero-order valence-electron chi connectivity index (χ0n) is 8.17. The number of allylic oxidation sites excluding steroid dienone is 2. The molecule has 0 spiro atoms. The van der Waals surface area contributed by atoms with Crippen molar-refractivity contribution in [3.8, 4) is 0 Å². The van der Waals surface area contributed by atoms with E-state index >= 15 is 0 Å². The summed E-state index contributed by atoms with van der Waals surface area (Å²) in [5.41, 5.74) is 0. The summed E-state index contributed by atoms with van der Waals surface area (Å²) < 4.78 is 15.2. The molecule has 0 aliphatic rings. The summed E-state index contributed by atoms with van der Waals surface area (Å²) in [4.78, 5) is 3.94. The Morgan fingerprint density at radius 2 is 2.47 bits per heavy atom. The van der Waals surface area contributed by atoms with Gasteiger partial charge in [0.1, 0.15) is 0 Å². The molecule has 15 heavy (non-hydrogen) atoms. The Hall–Kier alpha value is -0.350. The Labute approximate surface area is 99.2 Å². The number of rotatable bonds is 8. The van der Waals surface area contributed by atoms with Crippen LogP contribution in [0.3, 0.4) is 0 Å². The molecule has 0 bridgehead atoms. The standard InChI is InChI=1S/C9H13BrNO3P/c1-2-8(10)7-11-5-3-9(12)4-6-14-15-13/h2,5,7,9,12H,1,3-4,6H2/b8-7+,11-5?/t9-/m1/s1. The van der Waals surface area contributed by atoms with Crippen LogP contribution >= 0.6 is 24.6 Å². The number of halogens is 1. The molecule has 0 aromatic heterocycles. The molecule has 1 N–H and O–H groups in total. The van der Waals surface area contributed by atoms with Crippen molar-refractivity contribution in [2.75, 3.05) is 6.61 Å². The Balaban J connectivity index is 3.65. The fourth-order valence-corrected chi connectivity index (χ4v) is 1.00. The third kappa shape index (κ3) is 9.94. The second-order valence-corrected chi connectivity index (χ2v) is 3.96. The third-order valence-corrected chi connectivity index (χ3v) is 2.29. The number of nitrogens with zero attached hydrogens (tertiary/aromatic N) is 1. The number of hydrogen-bond donors (Lipinski definition) is 1. The molecule has 0 saturated carbocycles. The van der Waals surface area contributed by atoms with Gasteiger partial charge in [0.2, 0.25) is 0 Å². The van der Waals surface area contributed by atoms with Gasteiger partial charge in [0.15, 0.2) is 0 Å². The Bertz CT molecular complexity index is 256. The van der Waals surface area contributed by atoms with E-state index in [0.717, 1.165) is 4.48 Å². The highest BCUT2D eigenvalue weighted by Crippen LogP contribution is 2.05. The van der Waals surface area contributed by atoms with E-state index in [0.29, 0.717) is 12.8 Å². The number of aliphatic hydroxyl groups is 1. The van der Waals surface area contributed by atoms with Gasteiger partial charge in [0, 0.05) is 23.3 Å². The first-order valence-corrected chi connectivity index (χ1v) is 5.85.